The van der Waals surface area contributed by atoms with Crippen LogP contribution in [-0.4, -0.2) is 59.8 Å². The van der Waals surface area contributed by atoms with Crippen LogP contribution in [-0.2, 0) is 38.8 Å². The second kappa shape index (κ2) is 16.6. The van der Waals surface area contributed by atoms with Crippen LogP contribution in [0.25, 0.3) is 0 Å². The molecule has 0 saturated carbocycles. The smallest absolute Gasteiger partial charge is 1.00 e. The molecule has 0 amide bonds. The van der Waals surface area contributed by atoms with Gasteiger partial charge in [0.05, 0.1) is 0 Å². The first-order valence-corrected chi connectivity index (χ1v) is 0. The summed E-state index contributed by atoms with van der Waals surface area (Å²) in [5, 5.41) is 0. The first kappa shape index (κ1) is 27.9. The molecule has 4 heavy (non-hydrogen) atoms. The summed E-state index contributed by atoms with van der Waals surface area (Å²) in [5.41, 5.74) is 0. The molecule has 0 heterocycles. The molecule has 4 heteroatoms. The molecule has 0 aliphatic carbocycles. The molecule has 0 aromatic carbocycles. The van der Waals surface area contributed by atoms with Crippen LogP contribution in [0.2, 0.25) is 0 Å². The van der Waals surface area contributed by atoms with Crippen LogP contribution >= 0.6 is 0 Å². The number of hydrogen-bond donors (Lipinski definition) is 0. The van der Waals surface area contributed by atoms with Crippen molar-refractivity contribution < 1.29 is 41.6 Å². The zero-order valence-electron chi connectivity index (χ0n) is 3.56. The van der Waals surface area contributed by atoms with E-state index >= 15 is 0 Å². The zero-order chi connectivity index (χ0) is 0. The van der Waals surface area contributed by atoms with Gasteiger partial charge in [0.1, 0.15) is 0 Å². The molecule has 0 nitrogen and oxygen atoms in total. The van der Waals surface area contributed by atoms with Gasteiger partial charge < -0.3 is 2.85 Å². The van der Waals surface area contributed by atoms with E-state index in [2.05, 4.69) is 0 Å². The van der Waals surface area contributed by atoms with E-state index in [9.17, 15) is 0 Å². The molecule has 0 rings (SSSR count). The third-order valence-electron chi connectivity index (χ3n) is 0. The first-order chi connectivity index (χ1) is 0. The van der Waals surface area contributed by atoms with E-state index in [1.54, 1.807) is 0 Å². The molecule has 0 spiro atoms. The minimum Gasteiger partial charge on any atom is -1.00 e. The van der Waals surface area contributed by atoms with Gasteiger partial charge in [0.2, 0.25) is 0 Å². The van der Waals surface area contributed by atoms with Crippen molar-refractivity contribution in [2.75, 3.05) is 0 Å². The molecule has 0 unspecified atom stereocenters. The fraction of sp³-hybridized carbons (Fsp3) is 0. The van der Waals surface area contributed by atoms with Crippen molar-refractivity contribution in [2.24, 2.45) is 0 Å². The summed E-state index contributed by atoms with van der Waals surface area (Å²) in [6.45, 7) is 0. The van der Waals surface area contributed by atoms with Gasteiger partial charge in [0.25, 0.3) is 0 Å². The average Bonchev–Trinajstić information content (AvgIpc) is 0. The zero-order valence-corrected chi connectivity index (χ0v) is 8.67. The molecule has 0 fully saturated rings. The quantitative estimate of drug-likeness (QED) is 0.467. The van der Waals surface area contributed by atoms with Gasteiger partial charge >= 0.3 is 48.9 Å². The van der Waals surface area contributed by atoms with E-state index in [0.29, 0.717) is 0 Å². The van der Waals surface area contributed by atoms with Gasteiger partial charge in [-0.15, -0.1) is 0 Å². The first-order valence-electron chi connectivity index (χ1n) is 0. The Bertz CT molecular complexity index is 13.5. The van der Waals surface area contributed by atoms with Crippen LogP contribution in [0.1, 0.15) is 2.85 Å². The largest absolute Gasteiger partial charge is 2.00 e. The summed E-state index contributed by atoms with van der Waals surface area (Å²) >= 11 is 0. The van der Waals surface area contributed by atoms with Gasteiger partial charge in [0, 0.05) is 38.8 Å². The molecular weight excluding hydrogens is 269 g/mol. The monoisotopic (exact) mass is 276 g/mol. The molecule has 0 aromatic heterocycles. The van der Waals surface area contributed by atoms with E-state index in [-0.39, 0.29) is 101 Å². The van der Waals surface area contributed by atoms with E-state index in [1.807, 2.05) is 0 Å². The Hall–Kier alpha value is 3.02. The van der Waals surface area contributed by atoms with Crippen molar-refractivity contribution in [1.29, 1.82) is 0 Å². The molecule has 0 aliphatic rings. The normalized spacial score (nSPS) is 0. The van der Waals surface area contributed by atoms with Crippen molar-refractivity contribution in [3.63, 3.8) is 0 Å². The fourth-order valence-electron chi connectivity index (χ4n) is 0. The molecule has 0 aliphatic heterocycles. The molecule has 0 atom stereocenters. The number of hydrogen-bond acceptors (Lipinski definition) is 0. The van der Waals surface area contributed by atoms with Gasteiger partial charge in [-0.1, -0.05) is 0 Å². The molecule has 0 radical (unpaired) electrons. The Morgan fingerprint density at radius 3 is 1.25 bits per heavy atom. The van der Waals surface area contributed by atoms with Crippen molar-refractivity contribution in [3.8, 4) is 0 Å². The van der Waals surface area contributed by atoms with Crippen molar-refractivity contribution in [2.45, 2.75) is 0 Å². The maximum atomic E-state index is 0. The van der Waals surface area contributed by atoms with Gasteiger partial charge in [0.15, 0.2) is 0 Å². The minimum atomic E-state index is 0. The molecule has 0 N–H and O–H groups in total. The maximum absolute atomic E-state index is 0. The van der Waals surface area contributed by atoms with Crippen LogP contribution in [0.15, 0.2) is 0 Å². The Labute approximate surface area is 99.3 Å². The van der Waals surface area contributed by atoms with Crippen LogP contribution in [0.3, 0.4) is 0 Å². The van der Waals surface area contributed by atoms with Crippen molar-refractivity contribution in [3.05, 3.63) is 0 Å². The topological polar surface area (TPSA) is 0 Å². The number of rotatable bonds is 0. The molecular formula is H6BaFeSiTi. The van der Waals surface area contributed by atoms with Crippen LogP contribution < -0.4 is 0 Å². The van der Waals surface area contributed by atoms with E-state index in [0.717, 1.165) is 0 Å². The molecule has 0 bridgehead atoms. The van der Waals surface area contributed by atoms with Crippen LogP contribution in [0, 0.1) is 0 Å². The van der Waals surface area contributed by atoms with Crippen molar-refractivity contribution in [1.82, 2.24) is 0 Å². The summed E-state index contributed by atoms with van der Waals surface area (Å²) in [7, 11) is 0. The Morgan fingerprint density at radius 1 is 1.25 bits per heavy atom. The molecule has 0 aromatic rings. The average molecular weight is 275 g/mol. The second-order valence-corrected chi connectivity index (χ2v) is 0. The summed E-state index contributed by atoms with van der Waals surface area (Å²) in [6, 6.07) is 0. The SMILES string of the molecule is [Ba+2].[Fe].[H-].[H-].[SiH4].[Ti]. The third kappa shape index (κ3) is 8.90. The Kier molecular flexibility index (Phi) is 116. The van der Waals surface area contributed by atoms with Crippen molar-refractivity contribution >= 4 is 59.8 Å². The Balaban J connectivity index is 0. The van der Waals surface area contributed by atoms with Gasteiger partial charge in [-0.25, -0.2) is 0 Å². The third-order valence-corrected chi connectivity index (χ3v) is 0. The second-order valence-electron chi connectivity index (χ2n) is 0. The van der Waals surface area contributed by atoms with E-state index < -0.39 is 0 Å². The molecule has 24 valence electrons. The predicted molar refractivity (Wildman–Crippen MR) is 19.3 cm³/mol. The van der Waals surface area contributed by atoms with Crippen LogP contribution in [0.5, 0.6) is 0 Å². The van der Waals surface area contributed by atoms with Crippen LogP contribution in [0.4, 0.5) is 0 Å². The molecule has 0 saturated heterocycles. The summed E-state index contributed by atoms with van der Waals surface area (Å²) in [6.07, 6.45) is 0. The van der Waals surface area contributed by atoms with Gasteiger partial charge in [-0.3, -0.25) is 0 Å². The van der Waals surface area contributed by atoms with Gasteiger partial charge in [-0.2, -0.15) is 0 Å². The van der Waals surface area contributed by atoms with E-state index in [1.165, 1.54) is 0 Å². The summed E-state index contributed by atoms with van der Waals surface area (Å²) in [5.74, 6) is 0. The minimum absolute atomic E-state index is 0. The summed E-state index contributed by atoms with van der Waals surface area (Å²) < 4.78 is 0. The Morgan fingerprint density at radius 2 is 1.25 bits per heavy atom. The maximum Gasteiger partial charge on any atom is 2.00 e. The van der Waals surface area contributed by atoms with E-state index in [4.69, 9.17) is 0 Å². The standard InChI is InChI=1S/Ba.Fe.H4Si.Ti.2H/h;;1H4;;;/q+2;;;;2*-1. The summed E-state index contributed by atoms with van der Waals surface area (Å²) in [4.78, 5) is 0. The predicted octanol–water partition coefficient (Wildman–Crippen LogP) is -1.61. The fourth-order valence-corrected chi connectivity index (χ4v) is 0. The van der Waals surface area contributed by atoms with Gasteiger partial charge in [-0.05, 0) is 11.0 Å².